The fraction of sp³-hybridized carbons (Fsp3) is 0.290. The van der Waals surface area contributed by atoms with Crippen molar-refractivity contribution in [1.82, 2.24) is 4.90 Å². The molecule has 4 heteroatoms. The van der Waals surface area contributed by atoms with Crippen molar-refractivity contribution in [2.75, 3.05) is 26.3 Å². The van der Waals surface area contributed by atoms with Gasteiger partial charge in [-0.25, -0.2) is 8.78 Å². The van der Waals surface area contributed by atoms with Crippen LogP contribution >= 0.6 is 0 Å². The highest BCUT2D eigenvalue weighted by Gasteiger charge is 2.24. The molecule has 1 heterocycles. The molecule has 1 fully saturated rings. The largest absolute Gasteiger partial charge is 0.295 e. The van der Waals surface area contributed by atoms with E-state index in [9.17, 15) is 8.78 Å². The SMILES string of the molecule is Cc1cc(F)ccc1C1=C(c2ccc(C=C3CN(CCCF)C3)cc2F)c2ccccc2CCC1. The average molecular weight is 474 g/mol. The van der Waals surface area contributed by atoms with E-state index in [0.717, 1.165) is 72.3 Å². The minimum absolute atomic E-state index is 0.253. The third-order valence-electron chi connectivity index (χ3n) is 7.07. The second-order valence-corrected chi connectivity index (χ2v) is 9.62. The Hall–Kier alpha value is -3.11. The lowest BCUT2D eigenvalue weighted by Crippen LogP contribution is -2.40. The van der Waals surface area contributed by atoms with Crippen LogP contribution < -0.4 is 0 Å². The summed E-state index contributed by atoms with van der Waals surface area (Å²) in [5, 5.41) is 0. The molecule has 0 aromatic heterocycles. The Morgan fingerprint density at radius 2 is 1.69 bits per heavy atom. The molecular formula is C31H30F3N. The molecule has 0 unspecified atom stereocenters. The van der Waals surface area contributed by atoms with Crippen LogP contribution in [0.3, 0.4) is 0 Å². The van der Waals surface area contributed by atoms with Crippen LogP contribution in [0, 0.1) is 18.6 Å². The van der Waals surface area contributed by atoms with Crippen LogP contribution in [0.1, 0.15) is 52.6 Å². The lowest BCUT2D eigenvalue weighted by atomic mass is 9.86. The third kappa shape index (κ3) is 4.99. The summed E-state index contributed by atoms with van der Waals surface area (Å²) in [5.74, 6) is -0.512. The van der Waals surface area contributed by atoms with E-state index in [4.69, 9.17) is 0 Å². The zero-order valence-corrected chi connectivity index (χ0v) is 20.1. The highest BCUT2D eigenvalue weighted by Crippen LogP contribution is 2.41. The Morgan fingerprint density at radius 3 is 2.46 bits per heavy atom. The van der Waals surface area contributed by atoms with Gasteiger partial charge in [-0.05, 0) is 95.3 Å². The number of alkyl halides is 1. The van der Waals surface area contributed by atoms with E-state index in [-0.39, 0.29) is 18.3 Å². The maximum absolute atomic E-state index is 15.8. The number of nitrogens with zero attached hydrogens (tertiary/aromatic N) is 1. The van der Waals surface area contributed by atoms with Gasteiger partial charge in [-0.3, -0.25) is 9.29 Å². The molecule has 180 valence electrons. The van der Waals surface area contributed by atoms with Crippen LogP contribution in [-0.2, 0) is 6.42 Å². The highest BCUT2D eigenvalue weighted by atomic mass is 19.1. The van der Waals surface area contributed by atoms with Gasteiger partial charge < -0.3 is 0 Å². The third-order valence-corrected chi connectivity index (χ3v) is 7.07. The van der Waals surface area contributed by atoms with Crippen LogP contribution in [0.4, 0.5) is 13.2 Å². The van der Waals surface area contributed by atoms with Crippen molar-refractivity contribution in [1.29, 1.82) is 0 Å². The Kier molecular flexibility index (Phi) is 6.92. The standard InChI is InChI=1S/C31H30F3N/c1-21-16-25(33)11-13-26(21)28-9-4-7-24-6-2-3-8-27(24)31(28)29-12-10-22(18-30(29)34)17-23-19-35(20-23)15-5-14-32/h2-3,6,8,10-13,16-18H,4-5,7,9,14-15,19-20H2,1H3. The average Bonchev–Trinajstić information content (AvgIpc) is 3.00. The van der Waals surface area contributed by atoms with Gasteiger partial charge in [0.05, 0.1) is 6.67 Å². The monoisotopic (exact) mass is 473 g/mol. The summed E-state index contributed by atoms with van der Waals surface area (Å²) >= 11 is 0. The molecule has 1 aliphatic carbocycles. The molecule has 3 aromatic carbocycles. The summed E-state index contributed by atoms with van der Waals surface area (Å²) in [6, 6.07) is 18.6. The summed E-state index contributed by atoms with van der Waals surface area (Å²) in [4.78, 5) is 2.20. The number of allylic oxidation sites excluding steroid dienone is 1. The summed E-state index contributed by atoms with van der Waals surface area (Å²) in [7, 11) is 0. The van der Waals surface area contributed by atoms with E-state index in [2.05, 4.69) is 17.0 Å². The van der Waals surface area contributed by atoms with Crippen LogP contribution in [-0.4, -0.2) is 31.2 Å². The van der Waals surface area contributed by atoms with Crippen molar-refractivity contribution in [3.8, 4) is 0 Å². The lowest BCUT2D eigenvalue weighted by Gasteiger charge is -2.33. The van der Waals surface area contributed by atoms with Crippen LogP contribution in [0.5, 0.6) is 0 Å². The fourth-order valence-corrected chi connectivity index (χ4v) is 5.39. The number of likely N-dealkylation sites (tertiary alicyclic amines) is 1. The zero-order chi connectivity index (χ0) is 24.4. The Labute approximate surface area is 205 Å². The summed E-state index contributed by atoms with van der Waals surface area (Å²) in [6.07, 6.45) is 5.28. The Bertz CT molecular complexity index is 1300. The number of hydrogen-bond acceptors (Lipinski definition) is 1. The van der Waals surface area contributed by atoms with E-state index in [0.29, 0.717) is 12.0 Å². The second kappa shape index (κ2) is 10.2. The van der Waals surface area contributed by atoms with Crippen molar-refractivity contribution in [2.45, 2.75) is 32.6 Å². The van der Waals surface area contributed by atoms with Gasteiger partial charge in [0.25, 0.3) is 0 Å². The number of aryl methyl sites for hydroxylation is 2. The maximum atomic E-state index is 15.8. The van der Waals surface area contributed by atoms with Gasteiger partial charge in [0.15, 0.2) is 0 Å². The molecule has 5 rings (SSSR count). The van der Waals surface area contributed by atoms with E-state index < -0.39 is 0 Å². The van der Waals surface area contributed by atoms with Crippen molar-refractivity contribution in [3.63, 3.8) is 0 Å². The van der Waals surface area contributed by atoms with E-state index >= 15 is 4.39 Å². The topological polar surface area (TPSA) is 3.24 Å². The van der Waals surface area contributed by atoms with E-state index in [1.54, 1.807) is 12.1 Å². The van der Waals surface area contributed by atoms with Crippen LogP contribution in [0.15, 0.2) is 66.2 Å². The molecule has 1 nitrogen and oxygen atoms in total. The first kappa shape index (κ1) is 23.6. The van der Waals surface area contributed by atoms with E-state index in [1.807, 2.05) is 43.3 Å². The predicted octanol–water partition coefficient (Wildman–Crippen LogP) is 7.63. The molecular weight excluding hydrogens is 443 g/mol. The van der Waals surface area contributed by atoms with Crippen molar-refractivity contribution >= 4 is 17.2 Å². The summed E-state index contributed by atoms with van der Waals surface area (Å²) in [6.45, 7) is 4.02. The van der Waals surface area contributed by atoms with E-state index in [1.165, 1.54) is 17.2 Å². The van der Waals surface area contributed by atoms with Crippen molar-refractivity contribution in [3.05, 3.63) is 111 Å². The molecule has 35 heavy (non-hydrogen) atoms. The molecule has 0 spiro atoms. The highest BCUT2D eigenvalue weighted by molar-refractivity contribution is 6.00. The maximum Gasteiger partial charge on any atom is 0.131 e. The fourth-order valence-electron chi connectivity index (χ4n) is 5.39. The zero-order valence-electron chi connectivity index (χ0n) is 20.1. The van der Waals surface area contributed by atoms with Gasteiger partial charge in [-0.1, -0.05) is 48.5 Å². The molecule has 1 saturated heterocycles. The smallest absolute Gasteiger partial charge is 0.131 e. The summed E-state index contributed by atoms with van der Waals surface area (Å²) < 4.78 is 42.0. The Morgan fingerprint density at radius 1 is 0.886 bits per heavy atom. The van der Waals surface area contributed by atoms with Crippen LogP contribution in [0.2, 0.25) is 0 Å². The van der Waals surface area contributed by atoms with Crippen molar-refractivity contribution < 1.29 is 13.2 Å². The second-order valence-electron chi connectivity index (χ2n) is 9.62. The van der Waals surface area contributed by atoms with Gasteiger partial charge in [-0.15, -0.1) is 0 Å². The van der Waals surface area contributed by atoms with Crippen molar-refractivity contribution in [2.24, 2.45) is 0 Å². The first-order chi connectivity index (χ1) is 17.0. The lowest BCUT2D eigenvalue weighted by molar-refractivity contribution is 0.239. The van der Waals surface area contributed by atoms with Gasteiger partial charge in [0.1, 0.15) is 11.6 Å². The number of benzene rings is 3. The molecule has 0 saturated carbocycles. The molecule has 3 aromatic rings. The molecule has 0 N–H and O–H groups in total. The molecule has 0 atom stereocenters. The van der Waals surface area contributed by atoms with Gasteiger partial charge >= 0.3 is 0 Å². The normalized spacial score (nSPS) is 16.1. The molecule has 0 amide bonds. The van der Waals surface area contributed by atoms with Gasteiger partial charge in [-0.2, -0.15) is 0 Å². The first-order valence-corrected chi connectivity index (χ1v) is 12.4. The quantitative estimate of drug-likeness (QED) is 0.356. The molecule has 0 radical (unpaired) electrons. The predicted molar refractivity (Wildman–Crippen MR) is 138 cm³/mol. The minimum Gasteiger partial charge on any atom is -0.295 e. The van der Waals surface area contributed by atoms with Crippen LogP contribution in [0.25, 0.3) is 17.2 Å². The Balaban J connectivity index is 1.56. The number of hydrogen-bond donors (Lipinski definition) is 0. The molecule has 0 bridgehead atoms. The van der Waals surface area contributed by atoms with Gasteiger partial charge in [0.2, 0.25) is 0 Å². The number of rotatable bonds is 6. The molecule has 2 aliphatic rings. The van der Waals surface area contributed by atoms with Gasteiger partial charge in [0, 0.05) is 25.2 Å². The number of halogens is 3. The molecule has 1 aliphatic heterocycles. The minimum atomic E-state index is -0.291. The first-order valence-electron chi connectivity index (χ1n) is 12.4. The number of fused-ring (bicyclic) bond motifs is 1. The summed E-state index contributed by atoms with van der Waals surface area (Å²) in [5.41, 5.74) is 8.74.